The number of rotatable bonds is 3. The zero-order valence-corrected chi connectivity index (χ0v) is 9.78. The zero-order valence-electron chi connectivity index (χ0n) is 9.78. The van der Waals surface area contributed by atoms with Gasteiger partial charge in [-0.1, -0.05) is 0 Å². The largest absolute Gasteiger partial charge is 0.368 e. The molecule has 0 fully saturated rings. The highest BCUT2D eigenvalue weighted by Crippen LogP contribution is 2.26. The standard InChI is InChI=1S/C9H11N7O2/c1-5-6(4-15(2)14-5)12-8-7(16(17)18)3-11-9(10)13-8/h3-4H,1-2H3,(H3,10,11,12,13). The van der Waals surface area contributed by atoms with E-state index in [1.165, 1.54) is 0 Å². The first-order valence-corrected chi connectivity index (χ1v) is 5.01. The van der Waals surface area contributed by atoms with Crippen LogP contribution in [0.25, 0.3) is 0 Å². The van der Waals surface area contributed by atoms with Gasteiger partial charge in [0.25, 0.3) is 0 Å². The van der Waals surface area contributed by atoms with E-state index in [2.05, 4.69) is 20.4 Å². The van der Waals surface area contributed by atoms with Gasteiger partial charge in [0.2, 0.25) is 11.8 Å². The number of hydrogen-bond donors (Lipinski definition) is 2. The van der Waals surface area contributed by atoms with Crippen LogP contribution in [0, 0.1) is 17.0 Å². The van der Waals surface area contributed by atoms with E-state index in [1.54, 1.807) is 24.9 Å². The zero-order chi connectivity index (χ0) is 13.3. The van der Waals surface area contributed by atoms with Gasteiger partial charge in [0.05, 0.1) is 16.3 Å². The number of nitrogens with one attached hydrogen (secondary N) is 1. The van der Waals surface area contributed by atoms with Crippen molar-refractivity contribution in [2.45, 2.75) is 6.92 Å². The van der Waals surface area contributed by atoms with Gasteiger partial charge in [-0.2, -0.15) is 10.1 Å². The lowest BCUT2D eigenvalue weighted by Crippen LogP contribution is -2.04. The molecule has 0 aliphatic heterocycles. The number of aromatic nitrogens is 4. The average Bonchev–Trinajstić information content (AvgIpc) is 2.57. The second-order valence-corrected chi connectivity index (χ2v) is 3.65. The van der Waals surface area contributed by atoms with Gasteiger partial charge in [0.15, 0.2) is 0 Å². The van der Waals surface area contributed by atoms with Crippen molar-refractivity contribution in [1.29, 1.82) is 0 Å². The molecule has 2 aromatic heterocycles. The molecule has 94 valence electrons. The maximum atomic E-state index is 10.8. The van der Waals surface area contributed by atoms with Gasteiger partial charge < -0.3 is 11.1 Å². The molecular formula is C9H11N7O2. The van der Waals surface area contributed by atoms with Crippen molar-refractivity contribution >= 4 is 23.1 Å². The fraction of sp³-hybridized carbons (Fsp3) is 0.222. The van der Waals surface area contributed by atoms with Gasteiger partial charge in [-0.05, 0) is 6.92 Å². The molecule has 0 aliphatic carbocycles. The Hall–Kier alpha value is -2.71. The van der Waals surface area contributed by atoms with E-state index in [0.29, 0.717) is 11.4 Å². The molecule has 0 amide bonds. The topological polar surface area (TPSA) is 125 Å². The molecule has 2 aromatic rings. The van der Waals surface area contributed by atoms with Crippen molar-refractivity contribution < 1.29 is 4.92 Å². The van der Waals surface area contributed by atoms with Gasteiger partial charge in [-0.3, -0.25) is 14.8 Å². The van der Waals surface area contributed by atoms with E-state index in [1.807, 2.05) is 0 Å². The Bertz CT molecular complexity index is 607. The fourth-order valence-electron chi connectivity index (χ4n) is 1.46. The summed E-state index contributed by atoms with van der Waals surface area (Å²) in [6.45, 7) is 1.78. The van der Waals surface area contributed by atoms with Gasteiger partial charge in [-0.15, -0.1) is 0 Å². The summed E-state index contributed by atoms with van der Waals surface area (Å²) < 4.78 is 1.59. The molecule has 2 rings (SSSR count). The Morgan fingerprint density at radius 2 is 2.28 bits per heavy atom. The third-order valence-corrected chi connectivity index (χ3v) is 2.25. The number of anilines is 3. The molecule has 0 atom stereocenters. The molecule has 0 aliphatic rings. The minimum Gasteiger partial charge on any atom is -0.368 e. The Morgan fingerprint density at radius 3 is 2.83 bits per heavy atom. The van der Waals surface area contributed by atoms with Gasteiger partial charge in [0.1, 0.15) is 6.20 Å². The molecule has 9 nitrogen and oxygen atoms in total. The highest BCUT2D eigenvalue weighted by molar-refractivity contribution is 5.66. The number of aryl methyl sites for hydroxylation is 2. The SMILES string of the molecule is Cc1nn(C)cc1Nc1nc(N)ncc1[N+](=O)[O-]. The average molecular weight is 249 g/mol. The molecule has 0 unspecified atom stereocenters. The summed E-state index contributed by atoms with van der Waals surface area (Å²) in [6.07, 6.45) is 2.76. The van der Waals surface area contributed by atoms with Crippen LogP contribution in [0.2, 0.25) is 0 Å². The number of nitrogens with two attached hydrogens (primary N) is 1. The number of hydrogen-bond acceptors (Lipinski definition) is 7. The summed E-state index contributed by atoms with van der Waals surface area (Å²) >= 11 is 0. The summed E-state index contributed by atoms with van der Waals surface area (Å²) in [4.78, 5) is 17.7. The van der Waals surface area contributed by atoms with E-state index in [4.69, 9.17) is 5.73 Å². The maximum absolute atomic E-state index is 10.8. The molecule has 9 heteroatoms. The number of nitro groups is 1. The Morgan fingerprint density at radius 1 is 1.56 bits per heavy atom. The predicted octanol–water partition coefficient (Wildman–Crippen LogP) is 0.753. The van der Waals surface area contributed by atoms with Crippen molar-refractivity contribution in [3.05, 3.63) is 28.2 Å². The molecule has 0 bridgehead atoms. The summed E-state index contributed by atoms with van der Waals surface area (Å²) in [5, 5.41) is 17.8. The Kier molecular flexibility index (Phi) is 2.80. The second kappa shape index (κ2) is 4.28. The highest BCUT2D eigenvalue weighted by Gasteiger charge is 2.18. The number of nitrogen functional groups attached to an aromatic ring is 1. The van der Waals surface area contributed by atoms with Crippen LogP contribution in [-0.2, 0) is 7.05 Å². The highest BCUT2D eigenvalue weighted by atomic mass is 16.6. The van der Waals surface area contributed by atoms with Crippen LogP contribution in [0.3, 0.4) is 0 Å². The molecule has 18 heavy (non-hydrogen) atoms. The van der Waals surface area contributed by atoms with Crippen molar-refractivity contribution in [3.63, 3.8) is 0 Å². The lowest BCUT2D eigenvalue weighted by molar-refractivity contribution is -0.384. The van der Waals surface area contributed by atoms with E-state index < -0.39 is 4.92 Å². The molecular weight excluding hydrogens is 238 g/mol. The summed E-state index contributed by atoms with van der Waals surface area (Å²) in [7, 11) is 1.75. The van der Waals surface area contributed by atoms with E-state index in [0.717, 1.165) is 6.20 Å². The predicted molar refractivity (Wildman–Crippen MR) is 64.3 cm³/mol. The van der Waals surface area contributed by atoms with Crippen LogP contribution in [0.5, 0.6) is 0 Å². The lowest BCUT2D eigenvalue weighted by atomic mass is 10.4. The molecule has 0 saturated carbocycles. The Balaban J connectivity index is 2.42. The summed E-state index contributed by atoms with van der Waals surface area (Å²) in [6, 6.07) is 0. The van der Waals surface area contributed by atoms with E-state index >= 15 is 0 Å². The van der Waals surface area contributed by atoms with Crippen LogP contribution >= 0.6 is 0 Å². The minimum atomic E-state index is -0.576. The first-order valence-electron chi connectivity index (χ1n) is 5.01. The third-order valence-electron chi connectivity index (χ3n) is 2.25. The maximum Gasteiger partial charge on any atom is 0.329 e. The van der Waals surface area contributed by atoms with Crippen molar-refractivity contribution in [3.8, 4) is 0 Å². The third kappa shape index (κ3) is 2.19. The van der Waals surface area contributed by atoms with Crippen LogP contribution < -0.4 is 11.1 Å². The van der Waals surface area contributed by atoms with E-state index in [9.17, 15) is 10.1 Å². The number of nitrogens with zero attached hydrogens (tertiary/aromatic N) is 5. The Labute approximate surface area is 102 Å². The van der Waals surface area contributed by atoms with Gasteiger partial charge in [0, 0.05) is 13.2 Å². The molecule has 3 N–H and O–H groups in total. The summed E-state index contributed by atoms with van der Waals surface area (Å²) in [5.74, 6) is 0.00763. The molecule has 2 heterocycles. The fourth-order valence-corrected chi connectivity index (χ4v) is 1.46. The molecule has 0 aromatic carbocycles. The van der Waals surface area contributed by atoms with Crippen molar-refractivity contribution in [1.82, 2.24) is 19.7 Å². The first kappa shape index (κ1) is 11.8. The van der Waals surface area contributed by atoms with Crippen LogP contribution in [0.4, 0.5) is 23.1 Å². The summed E-state index contributed by atoms with van der Waals surface area (Å²) in [5.41, 5.74) is 6.50. The second-order valence-electron chi connectivity index (χ2n) is 3.65. The lowest BCUT2D eigenvalue weighted by Gasteiger charge is -2.04. The van der Waals surface area contributed by atoms with Crippen molar-refractivity contribution in [2.75, 3.05) is 11.1 Å². The molecule has 0 spiro atoms. The minimum absolute atomic E-state index is 0.0374. The van der Waals surface area contributed by atoms with Crippen molar-refractivity contribution in [2.24, 2.45) is 7.05 Å². The van der Waals surface area contributed by atoms with E-state index in [-0.39, 0.29) is 17.5 Å². The molecule has 0 radical (unpaired) electrons. The quantitative estimate of drug-likeness (QED) is 0.607. The van der Waals surface area contributed by atoms with Crippen LogP contribution in [-0.4, -0.2) is 24.7 Å². The molecule has 0 saturated heterocycles. The van der Waals surface area contributed by atoms with Gasteiger partial charge in [-0.25, -0.2) is 4.98 Å². The van der Waals surface area contributed by atoms with Crippen LogP contribution in [0.1, 0.15) is 5.69 Å². The normalized spacial score (nSPS) is 10.3. The van der Waals surface area contributed by atoms with Gasteiger partial charge >= 0.3 is 5.69 Å². The monoisotopic (exact) mass is 249 g/mol. The first-order chi connectivity index (χ1) is 8.47. The smallest absolute Gasteiger partial charge is 0.329 e. The van der Waals surface area contributed by atoms with Crippen LogP contribution in [0.15, 0.2) is 12.4 Å².